The van der Waals surface area contributed by atoms with Crippen LogP contribution in [0.1, 0.15) is 34.0 Å². The number of aliphatic hydroxyl groups is 1. The van der Waals surface area contributed by atoms with Crippen molar-refractivity contribution in [2.24, 2.45) is 5.73 Å². The highest BCUT2D eigenvalue weighted by atomic mass is 19.3. The van der Waals surface area contributed by atoms with E-state index in [0.29, 0.717) is 24.6 Å². The lowest BCUT2D eigenvalue weighted by Gasteiger charge is -2.30. The molecular weight excluding hydrogens is 462 g/mol. The number of nitrogens with one attached hydrogen (secondary N) is 3. The number of carbonyl (C=O) groups excluding carboxylic acids is 3. The summed E-state index contributed by atoms with van der Waals surface area (Å²) in [6, 6.07) is 10.0. The fourth-order valence-corrected chi connectivity index (χ4v) is 2.69. The van der Waals surface area contributed by atoms with Gasteiger partial charge < -0.3 is 21.5 Å². The van der Waals surface area contributed by atoms with Gasteiger partial charge in [-0.25, -0.2) is 19.1 Å². The summed E-state index contributed by atoms with van der Waals surface area (Å²) in [4.78, 5) is 34.8. The van der Waals surface area contributed by atoms with Gasteiger partial charge in [0.15, 0.2) is 5.60 Å². The molecule has 182 valence electrons. The van der Waals surface area contributed by atoms with Crippen molar-refractivity contribution in [3.05, 3.63) is 70.8 Å². The first-order valence-electron chi connectivity index (χ1n) is 10.0. The van der Waals surface area contributed by atoms with E-state index in [9.17, 15) is 28.3 Å². The molecule has 0 aliphatic rings. The van der Waals surface area contributed by atoms with E-state index in [-0.39, 0.29) is 5.56 Å². The second-order valence-electron chi connectivity index (χ2n) is 7.40. The molecule has 2 aromatic carbocycles. The highest BCUT2D eigenvalue weighted by molar-refractivity contribution is 5.97. The second-order valence-corrected chi connectivity index (χ2v) is 7.40. The van der Waals surface area contributed by atoms with Gasteiger partial charge in [-0.05, 0) is 60.7 Å². The molecule has 0 aliphatic heterocycles. The molecular formula is C24H22F2N4O5. The molecule has 0 aromatic heterocycles. The van der Waals surface area contributed by atoms with Gasteiger partial charge in [0.2, 0.25) is 0 Å². The first-order chi connectivity index (χ1) is 16.5. The molecule has 4 amide bonds. The van der Waals surface area contributed by atoms with Gasteiger partial charge in [0.05, 0.1) is 0 Å². The van der Waals surface area contributed by atoms with Crippen LogP contribution in [0.2, 0.25) is 0 Å². The molecule has 0 bridgehead atoms. The van der Waals surface area contributed by atoms with Gasteiger partial charge in [0.1, 0.15) is 6.04 Å². The molecule has 35 heavy (non-hydrogen) atoms. The number of benzene rings is 2. The Morgan fingerprint density at radius 3 is 1.97 bits per heavy atom. The van der Waals surface area contributed by atoms with Crippen molar-refractivity contribution in [2.75, 3.05) is 0 Å². The molecule has 2 atom stereocenters. The first-order valence-corrected chi connectivity index (χ1v) is 10.0. The van der Waals surface area contributed by atoms with Gasteiger partial charge >= 0.3 is 6.03 Å². The van der Waals surface area contributed by atoms with Gasteiger partial charge in [-0.15, -0.1) is 0 Å². The molecule has 0 saturated carbocycles. The number of nitrogens with two attached hydrogens (primary N) is 1. The molecule has 0 aliphatic carbocycles. The number of carbonyl (C=O) groups is 3. The van der Waals surface area contributed by atoms with Crippen LogP contribution in [-0.4, -0.2) is 46.2 Å². The summed E-state index contributed by atoms with van der Waals surface area (Å²) in [5.74, 6) is 8.65. The van der Waals surface area contributed by atoms with E-state index in [2.05, 4.69) is 29.0 Å². The van der Waals surface area contributed by atoms with Gasteiger partial charge in [-0.1, -0.05) is 24.0 Å². The van der Waals surface area contributed by atoms with Crippen molar-refractivity contribution in [1.29, 1.82) is 0 Å². The van der Waals surface area contributed by atoms with E-state index in [1.165, 1.54) is 24.3 Å². The molecule has 2 rings (SSSR count). The van der Waals surface area contributed by atoms with Crippen LogP contribution in [0.25, 0.3) is 0 Å². The number of rotatable bonds is 7. The summed E-state index contributed by atoms with van der Waals surface area (Å²) >= 11 is 0. The normalized spacial score (nSPS) is 12.6. The largest absolute Gasteiger partial charge is 0.381 e. The van der Waals surface area contributed by atoms with Crippen LogP contribution in [0.5, 0.6) is 0 Å². The standard InChI is InChI=1S/C24H22F2N4O5/c1-24(34,22(25)26)19(21(32)30-35)29-20(31)18-12-10-16(11-13-18)5-3-2-4-15-6-8-17(9-7-15)14-28-23(27)33/h6-13,19,22,34-35H,14H2,1H3,(H,29,31)(H,30,32)(H3,27,28,33). The molecule has 9 nitrogen and oxygen atoms in total. The minimum atomic E-state index is -3.37. The van der Waals surface area contributed by atoms with Gasteiger partial charge in [-0.2, -0.15) is 0 Å². The van der Waals surface area contributed by atoms with Crippen LogP contribution in [0, 0.1) is 23.7 Å². The lowest BCUT2D eigenvalue weighted by Crippen LogP contribution is -2.61. The van der Waals surface area contributed by atoms with E-state index < -0.39 is 35.9 Å². The summed E-state index contributed by atoms with van der Waals surface area (Å²) < 4.78 is 26.2. The Balaban J connectivity index is 2.04. The minimum absolute atomic E-state index is 0.00774. The third-order valence-electron chi connectivity index (χ3n) is 4.72. The van der Waals surface area contributed by atoms with Crippen molar-refractivity contribution in [2.45, 2.75) is 31.5 Å². The molecule has 11 heteroatoms. The van der Waals surface area contributed by atoms with Crippen LogP contribution >= 0.6 is 0 Å². The average Bonchev–Trinajstić information content (AvgIpc) is 2.84. The van der Waals surface area contributed by atoms with Crippen LogP contribution in [0.4, 0.5) is 13.6 Å². The molecule has 7 N–H and O–H groups in total. The Hall–Kier alpha value is -4.45. The van der Waals surface area contributed by atoms with Crippen LogP contribution < -0.4 is 21.8 Å². The summed E-state index contributed by atoms with van der Waals surface area (Å²) in [7, 11) is 0. The monoisotopic (exact) mass is 484 g/mol. The zero-order chi connectivity index (χ0) is 26.0. The third kappa shape index (κ3) is 7.82. The lowest BCUT2D eigenvalue weighted by molar-refractivity contribution is -0.149. The number of primary amides is 1. The Bertz CT molecular complexity index is 1190. The fraction of sp³-hybridized carbons (Fsp3) is 0.208. The zero-order valence-corrected chi connectivity index (χ0v) is 18.4. The summed E-state index contributed by atoms with van der Waals surface area (Å²) in [5.41, 5.74) is 5.31. The Morgan fingerprint density at radius 1 is 1.00 bits per heavy atom. The SMILES string of the molecule is CC(O)(C(F)F)C(NC(=O)c1ccc(C#CC#Cc2ccc(CNC(N)=O)cc2)cc1)C(=O)NO. The molecule has 0 fully saturated rings. The number of amides is 4. The second kappa shape index (κ2) is 12.1. The topological polar surface area (TPSA) is 154 Å². The van der Waals surface area contributed by atoms with E-state index in [1.807, 2.05) is 5.32 Å². The zero-order valence-electron chi connectivity index (χ0n) is 18.4. The molecule has 0 saturated heterocycles. The maximum Gasteiger partial charge on any atom is 0.312 e. The van der Waals surface area contributed by atoms with Crippen LogP contribution in [0.3, 0.4) is 0 Å². The van der Waals surface area contributed by atoms with E-state index >= 15 is 0 Å². The van der Waals surface area contributed by atoms with Crippen molar-refractivity contribution in [1.82, 2.24) is 16.1 Å². The average molecular weight is 484 g/mol. The van der Waals surface area contributed by atoms with Crippen LogP contribution in [-0.2, 0) is 11.3 Å². The molecule has 0 spiro atoms. The van der Waals surface area contributed by atoms with Gasteiger partial charge in [0.25, 0.3) is 18.2 Å². The number of halogens is 2. The van der Waals surface area contributed by atoms with Gasteiger partial charge in [0, 0.05) is 23.2 Å². The van der Waals surface area contributed by atoms with E-state index in [4.69, 9.17) is 10.9 Å². The fourth-order valence-electron chi connectivity index (χ4n) is 2.69. The van der Waals surface area contributed by atoms with E-state index in [0.717, 1.165) is 11.0 Å². The maximum atomic E-state index is 13.1. The lowest BCUT2D eigenvalue weighted by atomic mass is 9.95. The van der Waals surface area contributed by atoms with Crippen molar-refractivity contribution in [3.8, 4) is 23.7 Å². The van der Waals surface area contributed by atoms with Gasteiger partial charge in [-0.3, -0.25) is 14.8 Å². The number of hydrogen-bond donors (Lipinski definition) is 6. The molecule has 0 radical (unpaired) electrons. The highest BCUT2D eigenvalue weighted by Crippen LogP contribution is 2.20. The predicted molar refractivity (Wildman–Crippen MR) is 121 cm³/mol. The summed E-state index contributed by atoms with van der Waals surface area (Å²) in [6.07, 6.45) is -3.37. The van der Waals surface area contributed by atoms with Crippen LogP contribution in [0.15, 0.2) is 48.5 Å². The number of alkyl halides is 2. The van der Waals surface area contributed by atoms with Crippen molar-refractivity contribution in [3.63, 3.8) is 0 Å². The quantitative estimate of drug-likeness (QED) is 0.196. The van der Waals surface area contributed by atoms with Crippen molar-refractivity contribution >= 4 is 17.8 Å². The maximum absolute atomic E-state index is 13.1. The van der Waals surface area contributed by atoms with E-state index in [1.54, 1.807) is 24.3 Å². The smallest absolute Gasteiger partial charge is 0.312 e. The number of hydroxylamine groups is 1. The Kier molecular flexibility index (Phi) is 9.29. The van der Waals surface area contributed by atoms with Crippen molar-refractivity contribution < 1.29 is 33.5 Å². The third-order valence-corrected chi connectivity index (χ3v) is 4.72. The Labute approximate surface area is 199 Å². The Morgan fingerprint density at radius 2 is 1.51 bits per heavy atom. The molecule has 0 heterocycles. The molecule has 2 aromatic rings. The summed E-state index contributed by atoms with van der Waals surface area (Å²) in [6.45, 7) is 0.963. The summed E-state index contributed by atoms with van der Waals surface area (Å²) in [5, 5.41) is 23.1. The minimum Gasteiger partial charge on any atom is -0.381 e. The molecule has 2 unspecified atom stereocenters. The number of hydrogen-bond acceptors (Lipinski definition) is 5. The number of urea groups is 1. The predicted octanol–water partition coefficient (Wildman–Crippen LogP) is 0.878. The highest BCUT2D eigenvalue weighted by Gasteiger charge is 2.46. The first kappa shape index (κ1) is 26.8.